The van der Waals surface area contributed by atoms with E-state index in [1.807, 2.05) is 6.07 Å². The molecule has 3 nitrogen and oxygen atoms in total. The predicted octanol–water partition coefficient (Wildman–Crippen LogP) is 4.04. The van der Waals surface area contributed by atoms with Crippen molar-refractivity contribution in [1.29, 1.82) is 0 Å². The number of alkyl halides is 1. The Morgan fingerprint density at radius 2 is 1.84 bits per heavy atom. The van der Waals surface area contributed by atoms with Crippen LogP contribution in [0, 0.1) is 0 Å². The third kappa shape index (κ3) is 3.49. The molecule has 0 saturated carbocycles. The van der Waals surface area contributed by atoms with Gasteiger partial charge in [-0.2, -0.15) is 0 Å². The summed E-state index contributed by atoms with van der Waals surface area (Å²) >= 11 is 9.24. The van der Waals surface area contributed by atoms with E-state index in [2.05, 4.69) is 20.7 Å². The van der Waals surface area contributed by atoms with Crippen LogP contribution in [0.3, 0.4) is 0 Å². The summed E-state index contributed by atoms with van der Waals surface area (Å²) in [7, 11) is -3.67. The Balaban J connectivity index is 2.34. The molecule has 0 amide bonds. The van der Waals surface area contributed by atoms with Gasteiger partial charge >= 0.3 is 0 Å². The maximum absolute atomic E-state index is 12.2. The minimum Gasteiger partial charge on any atom is -0.280 e. The van der Waals surface area contributed by atoms with E-state index >= 15 is 0 Å². The molecule has 19 heavy (non-hydrogen) atoms. The van der Waals surface area contributed by atoms with Crippen molar-refractivity contribution in [3.8, 4) is 0 Å². The highest BCUT2D eigenvalue weighted by Gasteiger charge is 2.17. The average molecular weight is 361 g/mol. The summed E-state index contributed by atoms with van der Waals surface area (Å²) < 4.78 is 26.9. The Morgan fingerprint density at radius 1 is 1.11 bits per heavy atom. The SMILES string of the molecule is O=S(=O)(Nc1cccc(CBr)c1)c1ccccc1Cl. The molecule has 6 heteroatoms. The quantitative estimate of drug-likeness (QED) is 0.837. The highest BCUT2D eigenvalue weighted by Crippen LogP contribution is 2.23. The first kappa shape index (κ1) is 14.4. The smallest absolute Gasteiger partial charge is 0.263 e. The van der Waals surface area contributed by atoms with Gasteiger partial charge in [0.2, 0.25) is 0 Å². The van der Waals surface area contributed by atoms with Crippen molar-refractivity contribution in [2.24, 2.45) is 0 Å². The Morgan fingerprint density at radius 3 is 2.53 bits per heavy atom. The van der Waals surface area contributed by atoms with Crippen LogP contribution in [0.5, 0.6) is 0 Å². The molecule has 100 valence electrons. The molecule has 0 radical (unpaired) electrons. The van der Waals surface area contributed by atoms with Crippen LogP contribution in [0.2, 0.25) is 5.02 Å². The Bertz CT molecular complexity index is 689. The number of anilines is 1. The molecule has 0 saturated heterocycles. The Labute approximate surface area is 125 Å². The molecular weight excluding hydrogens is 350 g/mol. The zero-order valence-electron chi connectivity index (χ0n) is 9.81. The molecule has 0 fully saturated rings. The van der Waals surface area contributed by atoms with Gasteiger partial charge in [0.1, 0.15) is 4.90 Å². The minimum absolute atomic E-state index is 0.0703. The summed E-state index contributed by atoms with van der Waals surface area (Å²) in [6.45, 7) is 0. The second-order valence-corrected chi connectivity index (χ2v) is 6.49. The fraction of sp³-hybridized carbons (Fsp3) is 0.0769. The molecule has 0 aliphatic rings. The van der Waals surface area contributed by atoms with Crippen LogP contribution in [0.25, 0.3) is 0 Å². The summed E-state index contributed by atoms with van der Waals surface area (Å²) in [5.74, 6) is 0. The number of halogens is 2. The van der Waals surface area contributed by atoms with Gasteiger partial charge in [0.25, 0.3) is 10.0 Å². The van der Waals surface area contributed by atoms with E-state index in [4.69, 9.17) is 11.6 Å². The zero-order valence-corrected chi connectivity index (χ0v) is 13.0. The van der Waals surface area contributed by atoms with E-state index < -0.39 is 10.0 Å². The molecule has 0 bridgehead atoms. The molecule has 2 aromatic carbocycles. The van der Waals surface area contributed by atoms with Crippen molar-refractivity contribution < 1.29 is 8.42 Å². The molecule has 0 unspecified atom stereocenters. The second kappa shape index (κ2) is 5.94. The predicted molar refractivity (Wildman–Crippen MR) is 81.3 cm³/mol. The fourth-order valence-corrected chi connectivity index (χ4v) is 3.51. The standard InChI is InChI=1S/C13H11BrClNO2S/c14-9-10-4-3-5-11(8-10)16-19(17,18)13-7-2-1-6-12(13)15/h1-8,16H,9H2. The zero-order chi connectivity index (χ0) is 13.9. The maximum Gasteiger partial charge on any atom is 0.263 e. The lowest BCUT2D eigenvalue weighted by Gasteiger charge is -2.10. The number of nitrogens with one attached hydrogen (secondary N) is 1. The van der Waals surface area contributed by atoms with Crippen molar-refractivity contribution in [2.75, 3.05) is 4.72 Å². The molecule has 0 heterocycles. The summed E-state index contributed by atoms with van der Waals surface area (Å²) in [5, 5.41) is 0.862. The second-order valence-electron chi connectivity index (χ2n) is 3.87. The molecule has 0 spiro atoms. The molecular formula is C13H11BrClNO2S. The van der Waals surface area contributed by atoms with Gasteiger partial charge in [-0.15, -0.1) is 0 Å². The van der Waals surface area contributed by atoms with Crippen molar-refractivity contribution in [3.63, 3.8) is 0 Å². The van der Waals surface area contributed by atoms with Gasteiger partial charge in [0.05, 0.1) is 5.02 Å². The van der Waals surface area contributed by atoms with Crippen molar-refractivity contribution in [1.82, 2.24) is 0 Å². The van der Waals surface area contributed by atoms with E-state index in [1.165, 1.54) is 6.07 Å². The van der Waals surface area contributed by atoms with Gasteiger partial charge in [-0.1, -0.05) is 51.8 Å². The van der Waals surface area contributed by atoms with E-state index in [-0.39, 0.29) is 9.92 Å². The number of rotatable bonds is 4. The van der Waals surface area contributed by atoms with Crippen molar-refractivity contribution >= 4 is 43.2 Å². The molecule has 0 aliphatic carbocycles. The van der Waals surface area contributed by atoms with Crippen LogP contribution in [-0.4, -0.2) is 8.42 Å². The van der Waals surface area contributed by atoms with Gasteiger partial charge in [-0.25, -0.2) is 8.42 Å². The normalized spacial score (nSPS) is 11.3. The lowest BCUT2D eigenvalue weighted by atomic mass is 10.2. The fourth-order valence-electron chi connectivity index (χ4n) is 1.59. The first-order valence-electron chi connectivity index (χ1n) is 5.45. The molecule has 1 N–H and O–H groups in total. The van der Waals surface area contributed by atoms with E-state index in [0.717, 1.165) is 5.56 Å². The van der Waals surface area contributed by atoms with Crippen LogP contribution in [0.15, 0.2) is 53.4 Å². The molecule has 2 rings (SSSR count). The Hall–Kier alpha value is -1.04. The van der Waals surface area contributed by atoms with Crippen LogP contribution in [0.4, 0.5) is 5.69 Å². The highest BCUT2D eigenvalue weighted by molar-refractivity contribution is 9.08. The van der Waals surface area contributed by atoms with Gasteiger partial charge in [0, 0.05) is 11.0 Å². The Kier molecular flexibility index (Phi) is 4.50. The van der Waals surface area contributed by atoms with Crippen LogP contribution in [-0.2, 0) is 15.4 Å². The van der Waals surface area contributed by atoms with Crippen LogP contribution < -0.4 is 4.72 Å². The molecule has 2 aromatic rings. The van der Waals surface area contributed by atoms with Crippen LogP contribution in [0.1, 0.15) is 5.56 Å². The summed E-state index contributed by atoms with van der Waals surface area (Å²) in [4.78, 5) is 0.0703. The van der Waals surface area contributed by atoms with E-state index in [9.17, 15) is 8.42 Å². The lowest BCUT2D eigenvalue weighted by molar-refractivity contribution is 0.601. The third-order valence-corrected chi connectivity index (χ3v) is 4.99. The number of benzene rings is 2. The highest BCUT2D eigenvalue weighted by atomic mass is 79.9. The maximum atomic E-state index is 12.2. The number of hydrogen-bond donors (Lipinski definition) is 1. The van der Waals surface area contributed by atoms with Crippen LogP contribution >= 0.6 is 27.5 Å². The van der Waals surface area contributed by atoms with Gasteiger partial charge in [0.15, 0.2) is 0 Å². The minimum atomic E-state index is -3.67. The summed E-state index contributed by atoms with van der Waals surface area (Å²) in [5.41, 5.74) is 1.50. The topological polar surface area (TPSA) is 46.2 Å². The summed E-state index contributed by atoms with van der Waals surface area (Å²) in [6, 6.07) is 13.5. The molecule has 0 aromatic heterocycles. The lowest BCUT2D eigenvalue weighted by Crippen LogP contribution is -2.13. The number of sulfonamides is 1. The van der Waals surface area contributed by atoms with Gasteiger partial charge < -0.3 is 0 Å². The van der Waals surface area contributed by atoms with E-state index in [1.54, 1.807) is 36.4 Å². The molecule has 0 atom stereocenters. The van der Waals surface area contributed by atoms with Crippen molar-refractivity contribution in [3.05, 3.63) is 59.1 Å². The largest absolute Gasteiger partial charge is 0.280 e. The van der Waals surface area contributed by atoms with Crippen molar-refractivity contribution in [2.45, 2.75) is 10.2 Å². The van der Waals surface area contributed by atoms with Gasteiger partial charge in [-0.05, 0) is 29.8 Å². The third-order valence-electron chi connectivity index (χ3n) is 2.46. The van der Waals surface area contributed by atoms with E-state index in [0.29, 0.717) is 11.0 Å². The first-order valence-corrected chi connectivity index (χ1v) is 8.43. The summed E-state index contributed by atoms with van der Waals surface area (Å²) in [6.07, 6.45) is 0. The average Bonchev–Trinajstić information content (AvgIpc) is 2.38. The first-order chi connectivity index (χ1) is 9.03. The number of hydrogen-bond acceptors (Lipinski definition) is 2. The molecule has 0 aliphatic heterocycles. The van der Waals surface area contributed by atoms with Gasteiger partial charge in [-0.3, -0.25) is 4.72 Å². The monoisotopic (exact) mass is 359 g/mol.